The summed E-state index contributed by atoms with van der Waals surface area (Å²) in [6, 6.07) is -0.619. The van der Waals surface area contributed by atoms with Crippen LogP contribution in [0.1, 0.15) is 32.6 Å². The number of hydrogen-bond acceptors (Lipinski definition) is 2. The number of carboxylic acids is 1. The first-order valence-electron chi connectivity index (χ1n) is 5.83. The summed E-state index contributed by atoms with van der Waals surface area (Å²) >= 11 is 0. The van der Waals surface area contributed by atoms with Crippen LogP contribution in [0.5, 0.6) is 0 Å². The average molecular weight is 253 g/mol. The van der Waals surface area contributed by atoms with E-state index in [0.717, 1.165) is 6.42 Å². The molecule has 0 radical (unpaired) electrons. The van der Waals surface area contributed by atoms with Crippen molar-refractivity contribution in [2.45, 2.75) is 44.8 Å². The second-order valence-corrected chi connectivity index (χ2v) is 4.74. The largest absolute Gasteiger partial charge is 0.480 e. The summed E-state index contributed by atoms with van der Waals surface area (Å²) in [5.41, 5.74) is 0. The molecule has 1 heterocycles. The van der Waals surface area contributed by atoms with E-state index in [9.17, 15) is 18.0 Å². The number of likely N-dealkylation sites (tertiary alicyclic amines) is 1. The zero-order valence-electron chi connectivity index (χ0n) is 9.83. The predicted molar refractivity (Wildman–Crippen MR) is 56.7 cm³/mol. The molecule has 1 fully saturated rings. The van der Waals surface area contributed by atoms with Crippen LogP contribution in [0, 0.1) is 5.92 Å². The van der Waals surface area contributed by atoms with Gasteiger partial charge in [0.05, 0.1) is 0 Å². The topological polar surface area (TPSA) is 40.5 Å². The molecule has 1 aliphatic rings. The molecule has 0 amide bonds. The zero-order valence-corrected chi connectivity index (χ0v) is 9.83. The molecule has 17 heavy (non-hydrogen) atoms. The van der Waals surface area contributed by atoms with Crippen LogP contribution in [0.2, 0.25) is 0 Å². The van der Waals surface area contributed by atoms with Crippen molar-refractivity contribution in [3.8, 4) is 0 Å². The number of carboxylic acid groups (broad SMARTS) is 1. The van der Waals surface area contributed by atoms with Crippen LogP contribution in [-0.2, 0) is 4.79 Å². The van der Waals surface area contributed by atoms with Crippen LogP contribution < -0.4 is 0 Å². The predicted octanol–water partition coefficient (Wildman–Crippen LogP) is 2.51. The minimum atomic E-state index is -4.15. The van der Waals surface area contributed by atoms with E-state index < -0.39 is 24.6 Å². The van der Waals surface area contributed by atoms with E-state index in [0.29, 0.717) is 18.9 Å². The number of piperidine rings is 1. The molecule has 0 aromatic rings. The minimum Gasteiger partial charge on any atom is -0.480 e. The van der Waals surface area contributed by atoms with Gasteiger partial charge in [-0.3, -0.25) is 9.69 Å². The molecule has 0 saturated carbocycles. The monoisotopic (exact) mass is 253 g/mol. The lowest BCUT2D eigenvalue weighted by molar-refractivity contribution is -0.146. The molecule has 0 aromatic carbocycles. The summed E-state index contributed by atoms with van der Waals surface area (Å²) in [6.07, 6.45) is -3.63. The van der Waals surface area contributed by atoms with Gasteiger partial charge in [0.25, 0.3) is 0 Å². The fourth-order valence-corrected chi connectivity index (χ4v) is 2.20. The van der Waals surface area contributed by atoms with Gasteiger partial charge in [0, 0.05) is 6.42 Å². The molecule has 0 aromatic heterocycles. The molecular formula is C11H18F3NO2. The molecule has 0 bridgehead atoms. The van der Waals surface area contributed by atoms with Crippen LogP contribution in [0.4, 0.5) is 13.2 Å². The van der Waals surface area contributed by atoms with E-state index in [4.69, 9.17) is 5.11 Å². The zero-order chi connectivity index (χ0) is 13.1. The lowest BCUT2D eigenvalue weighted by Gasteiger charge is -2.36. The smallest absolute Gasteiger partial charge is 0.389 e. The third-order valence-electron chi connectivity index (χ3n) is 3.17. The fraction of sp³-hybridized carbons (Fsp3) is 0.909. The Bertz CT molecular complexity index is 268. The molecule has 0 aliphatic carbocycles. The molecule has 1 rings (SSSR count). The van der Waals surface area contributed by atoms with Crippen LogP contribution in [0.15, 0.2) is 0 Å². The Kier molecular flexibility index (Phi) is 4.80. The summed E-state index contributed by atoms with van der Waals surface area (Å²) in [4.78, 5) is 12.7. The molecule has 100 valence electrons. The molecular weight excluding hydrogens is 235 g/mol. The second-order valence-electron chi connectivity index (χ2n) is 4.74. The van der Waals surface area contributed by atoms with Gasteiger partial charge in [0.1, 0.15) is 6.04 Å². The van der Waals surface area contributed by atoms with Gasteiger partial charge in [-0.1, -0.05) is 6.92 Å². The van der Waals surface area contributed by atoms with E-state index in [2.05, 4.69) is 0 Å². The summed E-state index contributed by atoms with van der Waals surface area (Å²) in [7, 11) is 0. The Morgan fingerprint density at radius 3 is 2.65 bits per heavy atom. The van der Waals surface area contributed by atoms with E-state index in [1.807, 2.05) is 6.92 Å². The van der Waals surface area contributed by atoms with Crippen molar-refractivity contribution in [3.63, 3.8) is 0 Å². The number of alkyl halides is 3. The maximum absolute atomic E-state index is 12.0. The van der Waals surface area contributed by atoms with Crippen molar-refractivity contribution in [3.05, 3.63) is 0 Å². The van der Waals surface area contributed by atoms with Gasteiger partial charge in [-0.25, -0.2) is 0 Å². The molecule has 3 nitrogen and oxygen atoms in total. The van der Waals surface area contributed by atoms with Crippen molar-refractivity contribution >= 4 is 5.97 Å². The highest BCUT2D eigenvalue weighted by atomic mass is 19.4. The van der Waals surface area contributed by atoms with Crippen molar-refractivity contribution < 1.29 is 23.1 Å². The molecule has 1 aliphatic heterocycles. The number of carbonyl (C=O) groups is 1. The first kappa shape index (κ1) is 14.3. The summed E-state index contributed by atoms with van der Waals surface area (Å²) in [5.74, 6) is -0.599. The Balaban J connectivity index is 2.42. The maximum atomic E-state index is 12.0. The normalized spacial score (nSPS) is 27.1. The van der Waals surface area contributed by atoms with E-state index >= 15 is 0 Å². The van der Waals surface area contributed by atoms with Crippen LogP contribution in [0.25, 0.3) is 0 Å². The third-order valence-corrected chi connectivity index (χ3v) is 3.17. The van der Waals surface area contributed by atoms with Crippen molar-refractivity contribution in [1.29, 1.82) is 0 Å². The highest BCUT2D eigenvalue weighted by molar-refractivity contribution is 5.73. The number of halogens is 3. The van der Waals surface area contributed by atoms with E-state index in [-0.39, 0.29) is 13.0 Å². The van der Waals surface area contributed by atoms with Crippen LogP contribution >= 0.6 is 0 Å². The van der Waals surface area contributed by atoms with Crippen molar-refractivity contribution in [2.24, 2.45) is 5.92 Å². The lowest BCUT2D eigenvalue weighted by Crippen LogP contribution is -2.47. The first-order chi connectivity index (χ1) is 7.79. The first-order valence-corrected chi connectivity index (χ1v) is 5.83. The molecule has 6 heteroatoms. The van der Waals surface area contributed by atoms with Crippen LogP contribution in [0.3, 0.4) is 0 Å². The molecule has 1 saturated heterocycles. The quantitative estimate of drug-likeness (QED) is 0.837. The van der Waals surface area contributed by atoms with Gasteiger partial charge >= 0.3 is 12.1 Å². The highest BCUT2D eigenvalue weighted by Crippen LogP contribution is 2.25. The van der Waals surface area contributed by atoms with Gasteiger partial charge < -0.3 is 5.11 Å². The van der Waals surface area contributed by atoms with Gasteiger partial charge in [-0.15, -0.1) is 0 Å². The van der Waals surface area contributed by atoms with E-state index in [1.165, 1.54) is 0 Å². The fourth-order valence-electron chi connectivity index (χ4n) is 2.20. The van der Waals surface area contributed by atoms with Crippen molar-refractivity contribution in [2.75, 3.05) is 13.1 Å². The highest BCUT2D eigenvalue weighted by Gasteiger charge is 2.32. The minimum absolute atomic E-state index is 0.0261. The van der Waals surface area contributed by atoms with Gasteiger partial charge in [-0.05, 0) is 38.3 Å². The average Bonchev–Trinajstić information content (AvgIpc) is 2.18. The number of nitrogens with zero attached hydrogens (tertiary/aromatic N) is 1. The Hall–Kier alpha value is -0.780. The van der Waals surface area contributed by atoms with Gasteiger partial charge in [-0.2, -0.15) is 13.2 Å². The number of rotatable bonds is 4. The summed E-state index contributed by atoms with van der Waals surface area (Å²) < 4.78 is 36.0. The SMILES string of the molecule is CC1CCN(CCCC(F)(F)F)C(C(=O)O)C1. The molecule has 2 atom stereocenters. The third kappa shape index (κ3) is 4.93. The lowest BCUT2D eigenvalue weighted by atomic mass is 9.92. The van der Waals surface area contributed by atoms with Crippen LogP contribution in [-0.4, -0.2) is 41.3 Å². The Labute approximate surface area is 98.6 Å². The van der Waals surface area contributed by atoms with Gasteiger partial charge in [0.15, 0.2) is 0 Å². The Morgan fingerprint density at radius 1 is 1.47 bits per heavy atom. The molecule has 0 spiro atoms. The Morgan fingerprint density at radius 2 is 2.12 bits per heavy atom. The maximum Gasteiger partial charge on any atom is 0.389 e. The summed E-state index contributed by atoms with van der Waals surface area (Å²) in [6.45, 7) is 2.77. The van der Waals surface area contributed by atoms with Crippen molar-refractivity contribution in [1.82, 2.24) is 4.90 Å². The second kappa shape index (κ2) is 5.71. The number of hydrogen-bond donors (Lipinski definition) is 1. The standard InChI is InChI=1S/C11H18F3NO2/c1-8-3-6-15(9(7-8)10(16)17)5-2-4-11(12,13)14/h8-9H,2-7H2,1H3,(H,16,17). The van der Waals surface area contributed by atoms with E-state index in [1.54, 1.807) is 4.90 Å². The number of aliphatic carboxylic acids is 1. The molecule has 2 unspecified atom stereocenters. The summed E-state index contributed by atoms with van der Waals surface area (Å²) in [5, 5.41) is 9.02. The molecule has 1 N–H and O–H groups in total. The van der Waals surface area contributed by atoms with Gasteiger partial charge in [0.2, 0.25) is 0 Å².